The van der Waals surface area contributed by atoms with E-state index in [9.17, 15) is 9.59 Å². The Kier molecular flexibility index (Phi) is 5.20. The minimum absolute atomic E-state index is 0.0334. The average Bonchev–Trinajstić information content (AvgIpc) is 2.77. The fourth-order valence-corrected chi connectivity index (χ4v) is 2.73. The van der Waals surface area contributed by atoms with Crippen LogP contribution in [0.25, 0.3) is 0 Å². The maximum absolute atomic E-state index is 12.4. The monoisotopic (exact) mass is 328 g/mol. The van der Waals surface area contributed by atoms with Crippen LogP contribution in [-0.2, 0) is 19.0 Å². The van der Waals surface area contributed by atoms with E-state index >= 15 is 0 Å². The van der Waals surface area contributed by atoms with E-state index in [-0.39, 0.29) is 11.9 Å². The molecule has 2 aliphatic heterocycles. The largest absolute Gasteiger partial charge is 0.444 e. The molecule has 132 valence electrons. The van der Waals surface area contributed by atoms with Crippen LogP contribution in [0.15, 0.2) is 0 Å². The number of carbonyl (C=O) groups is 2. The van der Waals surface area contributed by atoms with Crippen LogP contribution in [0, 0.1) is 0 Å². The van der Waals surface area contributed by atoms with Crippen LogP contribution in [0.3, 0.4) is 0 Å². The van der Waals surface area contributed by atoms with E-state index < -0.39 is 23.6 Å². The van der Waals surface area contributed by atoms with Crippen molar-refractivity contribution in [1.29, 1.82) is 0 Å². The number of hydrogen-bond donors (Lipinski definition) is 1. The summed E-state index contributed by atoms with van der Waals surface area (Å²) in [4.78, 5) is 26.0. The lowest BCUT2D eigenvalue weighted by molar-refractivity contribution is -0.160. The van der Waals surface area contributed by atoms with Gasteiger partial charge in [0, 0.05) is 19.1 Å². The summed E-state index contributed by atoms with van der Waals surface area (Å²) >= 11 is 0. The smallest absolute Gasteiger partial charge is 0.407 e. The molecular weight excluding hydrogens is 300 g/mol. The van der Waals surface area contributed by atoms with Crippen LogP contribution >= 0.6 is 0 Å². The zero-order chi connectivity index (χ0) is 17.3. The van der Waals surface area contributed by atoms with Gasteiger partial charge in [-0.05, 0) is 47.5 Å². The summed E-state index contributed by atoms with van der Waals surface area (Å²) in [5, 5.41) is 2.86. The van der Waals surface area contributed by atoms with Gasteiger partial charge in [0.25, 0.3) is 5.91 Å². The van der Waals surface area contributed by atoms with Crippen molar-refractivity contribution in [2.45, 2.75) is 71.0 Å². The Hall–Kier alpha value is -1.34. The van der Waals surface area contributed by atoms with Gasteiger partial charge in [-0.15, -0.1) is 0 Å². The molecule has 0 saturated carbocycles. The van der Waals surface area contributed by atoms with Crippen molar-refractivity contribution in [3.05, 3.63) is 0 Å². The molecule has 1 atom stereocenters. The van der Waals surface area contributed by atoms with Crippen molar-refractivity contribution in [3.8, 4) is 0 Å². The van der Waals surface area contributed by atoms with E-state index in [4.69, 9.17) is 14.2 Å². The van der Waals surface area contributed by atoms with Gasteiger partial charge < -0.3 is 24.4 Å². The second-order valence-corrected chi connectivity index (χ2v) is 7.56. The van der Waals surface area contributed by atoms with Gasteiger partial charge in [-0.1, -0.05) is 0 Å². The van der Waals surface area contributed by atoms with Crippen LogP contribution in [0.1, 0.15) is 47.5 Å². The SMILES string of the molecule is CC(C)(C)OC(=O)NC1CCN(C(=O)[C@H]2COC(C)(C)O2)CC1. The molecule has 0 spiro atoms. The van der Waals surface area contributed by atoms with Crippen LogP contribution < -0.4 is 5.32 Å². The zero-order valence-corrected chi connectivity index (χ0v) is 14.7. The van der Waals surface area contributed by atoms with E-state index in [1.807, 2.05) is 20.8 Å². The summed E-state index contributed by atoms with van der Waals surface area (Å²) in [6.07, 6.45) is 0.487. The highest BCUT2D eigenvalue weighted by molar-refractivity contribution is 5.81. The Morgan fingerprint density at radius 3 is 2.30 bits per heavy atom. The second kappa shape index (κ2) is 6.65. The van der Waals surface area contributed by atoms with Crippen molar-refractivity contribution in [3.63, 3.8) is 0 Å². The number of amides is 2. The van der Waals surface area contributed by atoms with E-state index in [2.05, 4.69) is 5.32 Å². The van der Waals surface area contributed by atoms with E-state index in [0.29, 0.717) is 32.5 Å². The van der Waals surface area contributed by atoms with Gasteiger partial charge in [-0.25, -0.2) is 4.79 Å². The summed E-state index contributed by atoms with van der Waals surface area (Å²) in [5.74, 6) is -0.733. The normalized spacial score (nSPS) is 25.3. The number of piperidine rings is 1. The van der Waals surface area contributed by atoms with Gasteiger partial charge in [0.1, 0.15) is 5.60 Å². The summed E-state index contributed by atoms with van der Waals surface area (Å²) in [6.45, 7) is 10.6. The molecule has 0 aliphatic carbocycles. The molecule has 2 aliphatic rings. The number of likely N-dealkylation sites (tertiary alicyclic amines) is 1. The highest BCUT2D eigenvalue weighted by Gasteiger charge is 2.39. The lowest BCUT2D eigenvalue weighted by Gasteiger charge is -2.34. The van der Waals surface area contributed by atoms with E-state index in [1.165, 1.54) is 0 Å². The first-order valence-electron chi connectivity index (χ1n) is 8.16. The molecule has 2 saturated heterocycles. The van der Waals surface area contributed by atoms with Gasteiger partial charge in [-0.2, -0.15) is 0 Å². The molecule has 2 rings (SSSR count). The molecule has 2 fully saturated rings. The molecule has 0 unspecified atom stereocenters. The number of carbonyl (C=O) groups excluding carboxylic acids is 2. The predicted octanol–water partition coefficient (Wildman–Crippen LogP) is 1.65. The minimum atomic E-state index is -0.698. The standard InChI is InChI=1S/C16H28N2O5/c1-15(2,3)23-14(20)17-11-6-8-18(9-7-11)13(19)12-10-21-16(4,5)22-12/h11-12H,6-10H2,1-5H3,(H,17,20)/t12-/m1/s1. The predicted molar refractivity (Wildman–Crippen MR) is 83.9 cm³/mol. The second-order valence-electron chi connectivity index (χ2n) is 7.56. The van der Waals surface area contributed by atoms with Gasteiger partial charge in [0.15, 0.2) is 11.9 Å². The molecule has 2 heterocycles. The molecule has 2 amide bonds. The number of alkyl carbamates (subject to hydrolysis) is 1. The summed E-state index contributed by atoms with van der Waals surface area (Å²) in [6, 6.07) is 0.0334. The third kappa shape index (κ3) is 5.35. The number of rotatable bonds is 2. The lowest BCUT2D eigenvalue weighted by Crippen LogP contribution is -2.50. The molecule has 0 aromatic heterocycles. The lowest BCUT2D eigenvalue weighted by atomic mass is 10.0. The Morgan fingerprint density at radius 1 is 1.22 bits per heavy atom. The molecule has 7 heteroatoms. The van der Waals surface area contributed by atoms with Crippen LogP contribution in [0.5, 0.6) is 0 Å². The maximum Gasteiger partial charge on any atom is 0.407 e. The highest BCUT2D eigenvalue weighted by Crippen LogP contribution is 2.24. The Bertz CT molecular complexity index is 450. The molecule has 0 aromatic rings. The van der Waals surface area contributed by atoms with Crippen LogP contribution in [0.4, 0.5) is 4.79 Å². The van der Waals surface area contributed by atoms with E-state index in [0.717, 1.165) is 0 Å². The fraction of sp³-hybridized carbons (Fsp3) is 0.875. The number of nitrogens with one attached hydrogen (secondary N) is 1. The first-order valence-corrected chi connectivity index (χ1v) is 8.16. The molecule has 0 aromatic carbocycles. The molecular formula is C16H28N2O5. The Morgan fingerprint density at radius 2 is 1.83 bits per heavy atom. The summed E-state index contributed by atoms with van der Waals surface area (Å²) < 4.78 is 16.3. The topological polar surface area (TPSA) is 77.1 Å². The third-order valence-electron chi connectivity index (χ3n) is 3.81. The Labute approximate surface area is 137 Å². The molecule has 0 bridgehead atoms. The fourth-order valence-electron chi connectivity index (χ4n) is 2.73. The van der Waals surface area contributed by atoms with E-state index in [1.54, 1.807) is 18.7 Å². The third-order valence-corrected chi connectivity index (χ3v) is 3.81. The van der Waals surface area contributed by atoms with Crippen molar-refractivity contribution >= 4 is 12.0 Å². The van der Waals surface area contributed by atoms with Crippen molar-refractivity contribution in [2.24, 2.45) is 0 Å². The molecule has 0 radical (unpaired) electrons. The molecule has 7 nitrogen and oxygen atoms in total. The van der Waals surface area contributed by atoms with Gasteiger partial charge >= 0.3 is 6.09 Å². The van der Waals surface area contributed by atoms with Crippen molar-refractivity contribution in [1.82, 2.24) is 10.2 Å². The van der Waals surface area contributed by atoms with Gasteiger partial charge in [-0.3, -0.25) is 4.79 Å². The number of nitrogens with zero attached hydrogens (tertiary/aromatic N) is 1. The minimum Gasteiger partial charge on any atom is -0.444 e. The molecule has 1 N–H and O–H groups in total. The number of ether oxygens (including phenoxy) is 3. The first kappa shape index (κ1) is 18.0. The Balaban J connectivity index is 1.76. The van der Waals surface area contributed by atoms with Crippen LogP contribution in [0.2, 0.25) is 0 Å². The first-order chi connectivity index (χ1) is 10.6. The summed E-state index contributed by atoms with van der Waals surface area (Å²) in [5.41, 5.74) is -0.507. The summed E-state index contributed by atoms with van der Waals surface area (Å²) in [7, 11) is 0. The van der Waals surface area contributed by atoms with Gasteiger partial charge in [0.05, 0.1) is 6.61 Å². The van der Waals surface area contributed by atoms with Crippen LogP contribution in [-0.4, -0.2) is 60.1 Å². The maximum atomic E-state index is 12.4. The van der Waals surface area contributed by atoms with Crippen molar-refractivity contribution in [2.75, 3.05) is 19.7 Å². The van der Waals surface area contributed by atoms with Gasteiger partial charge in [0.2, 0.25) is 0 Å². The average molecular weight is 328 g/mol. The van der Waals surface area contributed by atoms with Crippen molar-refractivity contribution < 1.29 is 23.8 Å². The number of hydrogen-bond acceptors (Lipinski definition) is 5. The quantitative estimate of drug-likeness (QED) is 0.834. The highest BCUT2D eigenvalue weighted by atomic mass is 16.7. The zero-order valence-electron chi connectivity index (χ0n) is 14.7. The molecule has 23 heavy (non-hydrogen) atoms.